The molecule has 260 valence electrons. The maximum Gasteiger partial charge on any atom is 0.488 e. The van der Waals surface area contributed by atoms with Crippen LogP contribution in [0.4, 0.5) is 4.70 Å². The van der Waals surface area contributed by atoms with E-state index in [-0.39, 0.29) is 4.70 Å². The molecular weight excluding hydrogens is 909 g/mol. The largest absolute Gasteiger partial charge is 0.488 e. The summed E-state index contributed by atoms with van der Waals surface area (Å²) in [6, 6.07) is 53.1. The van der Waals surface area contributed by atoms with Crippen LogP contribution in [-0.2, 0) is 0 Å². The van der Waals surface area contributed by atoms with E-state index in [1.807, 2.05) is 42.5 Å². The van der Waals surface area contributed by atoms with Crippen LogP contribution in [0, 0.1) is 3.57 Å². The topological polar surface area (TPSA) is 66.7 Å². The van der Waals surface area contributed by atoms with Crippen LogP contribution >= 0.6 is 54.5 Å². The summed E-state index contributed by atoms with van der Waals surface area (Å²) < 4.78 is 15.4. The van der Waals surface area contributed by atoms with Gasteiger partial charge in [0.1, 0.15) is 22.3 Å². The first-order valence-electron chi connectivity index (χ1n) is 16.5. The van der Waals surface area contributed by atoms with E-state index < -0.39 is 7.12 Å². The second kappa shape index (κ2) is 15.8. The summed E-state index contributed by atoms with van der Waals surface area (Å²) in [5.74, 6) is 0. The highest BCUT2D eigenvalue weighted by molar-refractivity contribution is 14.1. The predicted molar refractivity (Wildman–Crippen MR) is 235 cm³/mol. The average molecular weight is 938 g/mol. The van der Waals surface area contributed by atoms with E-state index in [1.54, 1.807) is 18.2 Å². The number of halogens is 4. The van der Waals surface area contributed by atoms with Crippen LogP contribution in [0.1, 0.15) is 0 Å². The molecule has 0 aliphatic heterocycles. The molecule has 8 aromatic carbocycles. The van der Waals surface area contributed by atoms with Crippen molar-refractivity contribution in [2.24, 2.45) is 0 Å². The predicted octanol–water partition coefficient (Wildman–Crippen LogP) is 12.8. The van der Waals surface area contributed by atoms with E-state index in [2.05, 4.69) is 152 Å². The maximum absolute atomic E-state index is 9.29. The third-order valence-electron chi connectivity index (χ3n) is 8.94. The van der Waals surface area contributed by atoms with Crippen LogP contribution in [0.2, 0.25) is 0 Å². The molecule has 0 aliphatic carbocycles. The zero-order valence-electron chi connectivity index (χ0n) is 27.8. The molecule has 10 rings (SSSR count). The highest BCUT2D eigenvalue weighted by atomic mass is 127. The third kappa shape index (κ3) is 7.90. The van der Waals surface area contributed by atoms with Crippen molar-refractivity contribution in [1.82, 2.24) is 0 Å². The lowest BCUT2D eigenvalue weighted by Gasteiger charge is -2.02. The van der Waals surface area contributed by atoms with Gasteiger partial charge in [0.15, 0.2) is 0 Å². The van der Waals surface area contributed by atoms with Crippen LogP contribution in [0.5, 0.6) is 0 Å². The molecule has 0 saturated carbocycles. The molecule has 10 aromatic rings. The van der Waals surface area contributed by atoms with Gasteiger partial charge < -0.3 is 18.9 Å². The fraction of sp³-hybridized carbons (Fsp3) is 0. The van der Waals surface area contributed by atoms with Gasteiger partial charge in [0.05, 0.1) is 0 Å². The number of hydrogen-bond donors (Lipinski definition) is 2. The standard InChI is InChI=1S/C22H13BrO.C16H11BO3.C6H4BrI.FH/c23-18-7-3-6-14(10-18)17-8-9-21-19(12-17)20-11-15-4-1-2-5-16(15)13-22(20)24-21;18-17(19)12-5-6-15-14(9-12)13-7-10-3-1-2-4-11(10)8-16(13)20-15;7-5-2-1-3-6(8)4-5;/h1-13H;1-9,18-19H;1-4H;1H. The zero-order chi connectivity index (χ0) is 35.8. The molecule has 0 amide bonds. The molecule has 53 heavy (non-hydrogen) atoms. The van der Waals surface area contributed by atoms with Crippen molar-refractivity contribution < 1.29 is 23.6 Å². The minimum Gasteiger partial charge on any atom is -0.456 e. The third-order valence-corrected chi connectivity index (χ3v) is 10.6. The van der Waals surface area contributed by atoms with Crippen molar-refractivity contribution in [2.45, 2.75) is 0 Å². The first kappa shape index (κ1) is 36.8. The molecule has 0 unspecified atom stereocenters. The van der Waals surface area contributed by atoms with Gasteiger partial charge in [-0.1, -0.05) is 117 Å². The second-order valence-corrected chi connectivity index (χ2v) is 15.5. The Morgan fingerprint density at radius 3 is 1.42 bits per heavy atom. The Labute approximate surface area is 334 Å². The van der Waals surface area contributed by atoms with Crippen LogP contribution in [0.3, 0.4) is 0 Å². The van der Waals surface area contributed by atoms with Gasteiger partial charge in [-0.25, -0.2) is 0 Å². The summed E-state index contributed by atoms with van der Waals surface area (Å²) in [5, 5.41) is 27.5. The monoisotopic (exact) mass is 936 g/mol. The minimum absolute atomic E-state index is 0. The van der Waals surface area contributed by atoms with E-state index in [9.17, 15) is 10.0 Å². The highest BCUT2D eigenvalue weighted by Gasteiger charge is 2.15. The quantitative estimate of drug-likeness (QED) is 0.134. The Kier molecular flexibility index (Phi) is 11.0. The molecule has 4 nitrogen and oxygen atoms in total. The molecular formula is C44H29BBr2FIO4. The highest BCUT2D eigenvalue weighted by Crippen LogP contribution is 2.35. The van der Waals surface area contributed by atoms with Crippen molar-refractivity contribution in [3.8, 4) is 11.1 Å². The molecule has 2 heterocycles. The van der Waals surface area contributed by atoms with Gasteiger partial charge in [0, 0.05) is 34.1 Å². The van der Waals surface area contributed by atoms with Gasteiger partial charge in [-0.15, -0.1) is 0 Å². The minimum atomic E-state index is -1.47. The van der Waals surface area contributed by atoms with Crippen LogP contribution < -0.4 is 5.46 Å². The normalized spacial score (nSPS) is 11.0. The second-order valence-electron chi connectivity index (χ2n) is 12.4. The first-order valence-corrected chi connectivity index (χ1v) is 19.2. The maximum atomic E-state index is 9.29. The fourth-order valence-electron chi connectivity index (χ4n) is 6.41. The molecule has 9 heteroatoms. The molecule has 0 fully saturated rings. The van der Waals surface area contributed by atoms with Gasteiger partial charge in [-0.2, -0.15) is 0 Å². The summed E-state index contributed by atoms with van der Waals surface area (Å²) in [4.78, 5) is 0. The molecule has 0 aliphatic rings. The lowest BCUT2D eigenvalue weighted by atomic mass is 9.80. The number of benzene rings is 8. The van der Waals surface area contributed by atoms with Gasteiger partial charge in [0.2, 0.25) is 0 Å². The summed E-state index contributed by atoms with van der Waals surface area (Å²) in [5.41, 5.74) is 6.28. The number of rotatable bonds is 2. The van der Waals surface area contributed by atoms with E-state index in [0.717, 1.165) is 58.2 Å². The van der Waals surface area contributed by atoms with Crippen molar-refractivity contribution in [2.75, 3.05) is 0 Å². The van der Waals surface area contributed by atoms with Gasteiger partial charge in [-0.3, -0.25) is 4.70 Å². The molecule has 2 N–H and O–H groups in total. The Hall–Kier alpha value is -4.52. The van der Waals surface area contributed by atoms with E-state index >= 15 is 0 Å². The Bertz CT molecular complexity index is 2890. The van der Waals surface area contributed by atoms with Crippen molar-refractivity contribution in [3.63, 3.8) is 0 Å². The smallest absolute Gasteiger partial charge is 0.456 e. The van der Waals surface area contributed by atoms with Crippen molar-refractivity contribution in [3.05, 3.63) is 170 Å². The van der Waals surface area contributed by atoms with E-state index in [4.69, 9.17) is 8.83 Å². The van der Waals surface area contributed by atoms with E-state index in [1.165, 1.54) is 30.9 Å². The van der Waals surface area contributed by atoms with Crippen LogP contribution in [0.25, 0.3) is 76.5 Å². The van der Waals surface area contributed by atoms with Gasteiger partial charge >= 0.3 is 7.12 Å². The van der Waals surface area contributed by atoms with Crippen LogP contribution in [0.15, 0.2) is 176 Å². The van der Waals surface area contributed by atoms with E-state index in [0.29, 0.717) is 5.46 Å². The molecule has 0 saturated heterocycles. The zero-order valence-corrected chi connectivity index (χ0v) is 33.2. The molecule has 0 atom stereocenters. The summed E-state index contributed by atoms with van der Waals surface area (Å²) in [7, 11) is -1.47. The molecule has 0 radical (unpaired) electrons. The number of fused-ring (bicyclic) bond motifs is 8. The first-order chi connectivity index (χ1) is 25.3. The SMILES string of the molecule is Brc1cccc(-c2ccc3oc4cc5ccccc5cc4c3c2)c1.Brc1cccc(I)c1.F.OB(O)c1ccc2oc3cc4ccccc4cc3c2c1. The van der Waals surface area contributed by atoms with Gasteiger partial charge in [-0.05, 0) is 134 Å². The van der Waals surface area contributed by atoms with Crippen molar-refractivity contribution in [1.29, 1.82) is 0 Å². The van der Waals surface area contributed by atoms with Crippen molar-refractivity contribution >= 4 is 132 Å². The van der Waals surface area contributed by atoms with Gasteiger partial charge in [0.25, 0.3) is 0 Å². The summed E-state index contributed by atoms with van der Waals surface area (Å²) >= 11 is 9.18. The lowest BCUT2D eigenvalue weighted by Crippen LogP contribution is -2.29. The average Bonchev–Trinajstić information content (AvgIpc) is 3.69. The number of hydrogen-bond acceptors (Lipinski definition) is 4. The Morgan fingerprint density at radius 1 is 0.434 bits per heavy atom. The lowest BCUT2D eigenvalue weighted by molar-refractivity contribution is 0.426. The van der Waals surface area contributed by atoms with Crippen LogP contribution in [-0.4, -0.2) is 17.2 Å². The molecule has 0 spiro atoms. The summed E-state index contributed by atoms with van der Waals surface area (Å²) in [6.45, 7) is 0. The Balaban J connectivity index is 0.000000136. The fourth-order valence-corrected chi connectivity index (χ4v) is 8.18. The number of furan rings is 2. The summed E-state index contributed by atoms with van der Waals surface area (Å²) in [6.07, 6.45) is 0. The molecule has 2 aromatic heterocycles. The molecule has 0 bridgehead atoms. The Morgan fingerprint density at radius 2 is 0.906 bits per heavy atom.